The number of hydrogen-bond acceptors (Lipinski definition) is 4. The summed E-state index contributed by atoms with van der Waals surface area (Å²) in [6.45, 7) is 2.40. The average molecular weight is 290 g/mol. The van der Waals surface area contributed by atoms with Gasteiger partial charge in [-0.2, -0.15) is 0 Å². The molecule has 1 fully saturated rings. The second-order valence-electron chi connectivity index (χ2n) is 5.98. The van der Waals surface area contributed by atoms with Crippen molar-refractivity contribution in [2.75, 3.05) is 43.7 Å². The van der Waals surface area contributed by atoms with Gasteiger partial charge in [0.1, 0.15) is 0 Å². The lowest BCUT2D eigenvalue weighted by Crippen LogP contribution is -2.24. The zero-order valence-corrected chi connectivity index (χ0v) is 12.6. The minimum atomic E-state index is -1.02. The van der Waals surface area contributed by atoms with Gasteiger partial charge in [0.25, 0.3) is 5.91 Å². The van der Waals surface area contributed by atoms with Crippen LogP contribution in [0.2, 0.25) is 0 Å². The lowest BCUT2D eigenvalue weighted by molar-refractivity contribution is -0.125. The molecule has 0 bridgehead atoms. The number of aliphatic hydroxyl groups is 1. The molecule has 1 unspecified atom stereocenters. The highest BCUT2D eigenvalue weighted by Crippen LogP contribution is 2.37. The Morgan fingerprint density at radius 2 is 2.19 bits per heavy atom. The van der Waals surface area contributed by atoms with Crippen LogP contribution in [-0.4, -0.2) is 44.9 Å². The summed E-state index contributed by atoms with van der Waals surface area (Å²) in [5.41, 5.74) is 2.50. The third kappa shape index (κ3) is 2.89. The fraction of sp³-hybridized carbons (Fsp3) is 0.562. The SMILES string of the molecule is CN(CCOCC1CC1)c1ccc2c(c1)N(C)C(=O)C2O. The molecule has 1 atom stereocenters. The molecule has 1 aliphatic heterocycles. The maximum Gasteiger partial charge on any atom is 0.260 e. The number of hydrogen-bond donors (Lipinski definition) is 1. The molecular weight excluding hydrogens is 268 g/mol. The van der Waals surface area contributed by atoms with Gasteiger partial charge in [0, 0.05) is 38.5 Å². The number of carbonyl (C=O) groups is 1. The van der Waals surface area contributed by atoms with E-state index in [0.717, 1.165) is 30.4 Å². The largest absolute Gasteiger partial charge is 0.379 e. The molecule has 0 radical (unpaired) electrons. The van der Waals surface area contributed by atoms with Crippen LogP contribution in [0.3, 0.4) is 0 Å². The van der Waals surface area contributed by atoms with Crippen LogP contribution in [0.5, 0.6) is 0 Å². The summed E-state index contributed by atoms with van der Waals surface area (Å²) >= 11 is 0. The molecule has 2 aliphatic rings. The van der Waals surface area contributed by atoms with Crippen molar-refractivity contribution < 1.29 is 14.6 Å². The molecule has 1 aromatic carbocycles. The van der Waals surface area contributed by atoms with Crippen molar-refractivity contribution in [1.29, 1.82) is 0 Å². The summed E-state index contributed by atoms with van der Waals surface area (Å²) in [5.74, 6) is 0.522. The van der Waals surface area contributed by atoms with Crippen molar-refractivity contribution in [2.24, 2.45) is 5.92 Å². The van der Waals surface area contributed by atoms with Gasteiger partial charge in [-0.3, -0.25) is 4.79 Å². The minimum absolute atomic E-state index is 0.266. The lowest BCUT2D eigenvalue weighted by Gasteiger charge is -2.21. The van der Waals surface area contributed by atoms with Crippen molar-refractivity contribution >= 4 is 17.3 Å². The van der Waals surface area contributed by atoms with E-state index in [1.165, 1.54) is 17.7 Å². The predicted molar refractivity (Wildman–Crippen MR) is 81.6 cm³/mol. The number of likely N-dealkylation sites (N-methyl/N-ethyl adjacent to an activating group) is 2. The molecule has 1 N–H and O–H groups in total. The first-order valence-corrected chi connectivity index (χ1v) is 7.46. The van der Waals surface area contributed by atoms with Crippen LogP contribution in [0, 0.1) is 5.92 Å². The highest BCUT2D eigenvalue weighted by molar-refractivity contribution is 6.03. The zero-order chi connectivity index (χ0) is 15.0. The Kier molecular flexibility index (Phi) is 3.87. The second kappa shape index (κ2) is 5.66. The van der Waals surface area contributed by atoms with Gasteiger partial charge in [-0.1, -0.05) is 6.07 Å². The molecular formula is C16H22N2O3. The number of anilines is 2. The van der Waals surface area contributed by atoms with Crippen molar-refractivity contribution in [3.05, 3.63) is 23.8 Å². The molecule has 1 heterocycles. The molecule has 0 saturated heterocycles. The maximum atomic E-state index is 11.8. The standard InChI is InChI=1S/C16H22N2O3/c1-17(7-8-21-10-11-3-4-11)12-5-6-13-14(9-12)18(2)16(20)15(13)19/h5-6,9,11,15,19H,3-4,7-8,10H2,1-2H3. The molecule has 21 heavy (non-hydrogen) atoms. The number of benzene rings is 1. The Hall–Kier alpha value is -1.59. The first-order chi connectivity index (χ1) is 10.1. The maximum absolute atomic E-state index is 11.8. The summed E-state index contributed by atoms with van der Waals surface area (Å²) in [5, 5.41) is 9.86. The van der Waals surface area contributed by atoms with Crippen LogP contribution >= 0.6 is 0 Å². The van der Waals surface area contributed by atoms with Gasteiger partial charge in [0.2, 0.25) is 0 Å². The normalized spacial score (nSPS) is 20.8. The van der Waals surface area contributed by atoms with Gasteiger partial charge in [-0.05, 0) is 30.9 Å². The van der Waals surface area contributed by atoms with Crippen LogP contribution < -0.4 is 9.80 Å². The van der Waals surface area contributed by atoms with E-state index in [0.29, 0.717) is 12.2 Å². The molecule has 1 aliphatic carbocycles. The molecule has 1 amide bonds. The Bertz CT molecular complexity index is 542. The highest BCUT2D eigenvalue weighted by Gasteiger charge is 2.33. The Balaban J connectivity index is 1.61. The third-order valence-corrected chi connectivity index (χ3v) is 4.30. The van der Waals surface area contributed by atoms with Crippen molar-refractivity contribution in [1.82, 2.24) is 0 Å². The van der Waals surface area contributed by atoms with E-state index in [-0.39, 0.29) is 5.91 Å². The predicted octanol–water partition coefficient (Wildman–Crippen LogP) is 1.56. The fourth-order valence-corrected chi connectivity index (χ4v) is 2.59. The second-order valence-corrected chi connectivity index (χ2v) is 5.98. The Labute approximate surface area is 125 Å². The number of aliphatic hydroxyl groups excluding tert-OH is 1. The summed E-state index contributed by atoms with van der Waals surface area (Å²) in [7, 11) is 3.70. The van der Waals surface area contributed by atoms with Crippen LogP contribution in [0.25, 0.3) is 0 Å². The summed E-state index contributed by atoms with van der Waals surface area (Å²) in [6.07, 6.45) is 1.60. The number of carbonyl (C=O) groups excluding carboxylic acids is 1. The topological polar surface area (TPSA) is 53.0 Å². The summed E-state index contributed by atoms with van der Waals surface area (Å²) in [4.78, 5) is 15.4. The average Bonchev–Trinajstić information content (AvgIpc) is 3.29. The van der Waals surface area contributed by atoms with E-state index < -0.39 is 6.10 Å². The molecule has 0 aromatic heterocycles. The van der Waals surface area contributed by atoms with Crippen molar-refractivity contribution in [3.63, 3.8) is 0 Å². The van der Waals surface area contributed by atoms with E-state index in [1.54, 1.807) is 7.05 Å². The van der Waals surface area contributed by atoms with Crippen molar-refractivity contribution in [3.8, 4) is 0 Å². The fourth-order valence-electron chi connectivity index (χ4n) is 2.59. The third-order valence-electron chi connectivity index (χ3n) is 4.30. The number of rotatable bonds is 6. The molecule has 114 valence electrons. The first kappa shape index (κ1) is 14.4. The summed E-state index contributed by atoms with van der Waals surface area (Å²) in [6, 6.07) is 5.72. The summed E-state index contributed by atoms with van der Waals surface area (Å²) < 4.78 is 5.65. The monoisotopic (exact) mass is 290 g/mol. The Morgan fingerprint density at radius 3 is 2.90 bits per heavy atom. The van der Waals surface area contributed by atoms with E-state index in [1.807, 2.05) is 25.2 Å². The van der Waals surface area contributed by atoms with Crippen LogP contribution in [0.1, 0.15) is 24.5 Å². The van der Waals surface area contributed by atoms with Gasteiger partial charge in [0.15, 0.2) is 6.10 Å². The van der Waals surface area contributed by atoms with E-state index in [9.17, 15) is 9.90 Å². The van der Waals surface area contributed by atoms with Gasteiger partial charge in [-0.15, -0.1) is 0 Å². The van der Waals surface area contributed by atoms with Crippen LogP contribution in [-0.2, 0) is 9.53 Å². The smallest absolute Gasteiger partial charge is 0.260 e. The first-order valence-electron chi connectivity index (χ1n) is 7.46. The van der Waals surface area contributed by atoms with E-state index in [4.69, 9.17) is 4.74 Å². The quantitative estimate of drug-likeness (QED) is 0.808. The van der Waals surface area contributed by atoms with Gasteiger partial charge in [0.05, 0.1) is 12.3 Å². The molecule has 3 rings (SSSR count). The Morgan fingerprint density at radius 1 is 1.43 bits per heavy atom. The minimum Gasteiger partial charge on any atom is -0.379 e. The number of nitrogens with zero attached hydrogens (tertiary/aromatic N) is 2. The number of ether oxygens (including phenoxy) is 1. The van der Waals surface area contributed by atoms with Gasteiger partial charge in [-0.25, -0.2) is 0 Å². The van der Waals surface area contributed by atoms with Gasteiger partial charge < -0.3 is 19.6 Å². The van der Waals surface area contributed by atoms with Gasteiger partial charge >= 0.3 is 0 Å². The van der Waals surface area contributed by atoms with Crippen LogP contribution in [0.4, 0.5) is 11.4 Å². The number of amides is 1. The highest BCUT2D eigenvalue weighted by atomic mass is 16.5. The lowest BCUT2D eigenvalue weighted by atomic mass is 10.1. The van der Waals surface area contributed by atoms with E-state index >= 15 is 0 Å². The van der Waals surface area contributed by atoms with Crippen LogP contribution in [0.15, 0.2) is 18.2 Å². The number of fused-ring (bicyclic) bond motifs is 1. The van der Waals surface area contributed by atoms with E-state index in [2.05, 4.69) is 4.90 Å². The zero-order valence-electron chi connectivity index (χ0n) is 12.6. The molecule has 1 saturated carbocycles. The molecule has 5 heteroatoms. The molecule has 0 spiro atoms. The molecule has 1 aromatic rings. The molecule has 5 nitrogen and oxygen atoms in total. The van der Waals surface area contributed by atoms with Crippen molar-refractivity contribution in [2.45, 2.75) is 18.9 Å².